The summed E-state index contributed by atoms with van der Waals surface area (Å²) in [5.74, 6) is 1.20. The summed E-state index contributed by atoms with van der Waals surface area (Å²) < 4.78 is 5.41. The molecule has 2 heterocycles. The van der Waals surface area contributed by atoms with Crippen molar-refractivity contribution in [3.8, 4) is 11.4 Å². The highest BCUT2D eigenvalue weighted by molar-refractivity contribution is 5.75. The van der Waals surface area contributed by atoms with E-state index < -0.39 is 0 Å². The maximum Gasteiger partial charge on any atom is 0.249 e. The Morgan fingerprint density at radius 3 is 2.39 bits per heavy atom. The number of hydrogen-bond acceptors (Lipinski definition) is 4. The fourth-order valence-corrected chi connectivity index (χ4v) is 3.70. The van der Waals surface area contributed by atoms with E-state index in [0.29, 0.717) is 11.7 Å². The van der Waals surface area contributed by atoms with E-state index in [2.05, 4.69) is 41.3 Å². The zero-order valence-electron chi connectivity index (χ0n) is 17.0. The lowest BCUT2D eigenvalue weighted by Gasteiger charge is -2.38. The molecule has 0 aliphatic carbocycles. The molecular formula is C22H33N5O. The van der Waals surface area contributed by atoms with Crippen molar-refractivity contribution in [2.24, 2.45) is 5.73 Å². The summed E-state index contributed by atoms with van der Waals surface area (Å²) in [7, 11) is 0. The summed E-state index contributed by atoms with van der Waals surface area (Å²) in [5, 5.41) is 11.7. The van der Waals surface area contributed by atoms with Gasteiger partial charge in [-0.1, -0.05) is 81.3 Å². The molecule has 1 aromatic carbocycles. The van der Waals surface area contributed by atoms with Gasteiger partial charge in [0.25, 0.3) is 0 Å². The van der Waals surface area contributed by atoms with Crippen LogP contribution in [0, 0.1) is 5.41 Å². The zero-order chi connectivity index (χ0) is 19.8. The van der Waals surface area contributed by atoms with Gasteiger partial charge in [0.15, 0.2) is 5.96 Å². The number of rotatable bonds is 11. The Labute approximate surface area is 168 Å². The lowest BCUT2D eigenvalue weighted by atomic mass is 10.0. The van der Waals surface area contributed by atoms with E-state index in [4.69, 9.17) is 15.7 Å². The number of nitrogens with zero attached hydrogens (tertiary/aromatic N) is 3. The lowest BCUT2D eigenvalue weighted by Crippen LogP contribution is -2.48. The third kappa shape index (κ3) is 5.33. The standard InChI is InChI=1S/C22H33N5O/c1-2-3-4-5-6-7-8-9-10-17-11-13-18(14-12-17)20-25-21(28-26-20)19-15-16-27(19)22(23)24/h11-14,19H,2-10,15-16H2,1H3,(H3,23,24). The molecule has 0 bridgehead atoms. The Morgan fingerprint density at radius 1 is 1.11 bits per heavy atom. The molecule has 1 aliphatic heterocycles. The minimum Gasteiger partial charge on any atom is -0.370 e. The van der Waals surface area contributed by atoms with Crippen molar-refractivity contribution in [2.75, 3.05) is 6.54 Å². The van der Waals surface area contributed by atoms with Crippen LogP contribution < -0.4 is 5.73 Å². The van der Waals surface area contributed by atoms with Crippen molar-refractivity contribution in [3.63, 3.8) is 0 Å². The molecule has 2 aromatic rings. The van der Waals surface area contributed by atoms with Crippen LogP contribution in [0.2, 0.25) is 0 Å². The zero-order valence-corrected chi connectivity index (χ0v) is 17.0. The molecule has 1 saturated heterocycles. The first-order chi connectivity index (χ1) is 13.7. The molecule has 1 fully saturated rings. The second-order valence-electron chi connectivity index (χ2n) is 7.76. The third-order valence-corrected chi connectivity index (χ3v) is 5.59. The van der Waals surface area contributed by atoms with Crippen molar-refractivity contribution in [3.05, 3.63) is 35.7 Å². The van der Waals surface area contributed by atoms with Crippen LogP contribution in [0.1, 0.15) is 82.2 Å². The Kier molecular flexibility index (Phi) is 7.46. The van der Waals surface area contributed by atoms with Crippen LogP contribution in [0.3, 0.4) is 0 Å². The second kappa shape index (κ2) is 10.2. The third-order valence-electron chi connectivity index (χ3n) is 5.59. The predicted octanol–water partition coefficient (Wildman–Crippen LogP) is 5.06. The number of nitrogens with one attached hydrogen (secondary N) is 1. The second-order valence-corrected chi connectivity index (χ2v) is 7.76. The fraction of sp³-hybridized carbons (Fsp3) is 0.591. The van der Waals surface area contributed by atoms with Gasteiger partial charge in [0.1, 0.15) is 6.04 Å². The number of likely N-dealkylation sites (tertiary alicyclic amines) is 1. The van der Waals surface area contributed by atoms with E-state index in [0.717, 1.165) is 24.9 Å². The molecule has 1 unspecified atom stereocenters. The average Bonchev–Trinajstić information content (AvgIpc) is 3.12. The maximum atomic E-state index is 7.56. The van der Waals surface area contributed by atoms with Gasteiger partial charge in [-0.2, -0.15) is 4.98 Å². The Bertz CT molecular complexity index is 740. The molecule has 6 nitrogen and oxygen atoms in total. The minimum absolute atomic E-state index is 0.0556. The number of guanidine groups is 1. The number of unbranched alkanes of at least 4 members (excludes halogenated alkanes) is 7. The molecule has 3 N–H and O–H groups in total. The first-order valence-corrected chi connectivity index (χ1v) is 10.7. The Hall–Kier alpha value is -2.37. The van der Waals surface area contributed by atoms with Crippen LogP contribution in [-0.2, 0) is 6.42 Å². The number of aromatic nitrogens is 2. The molecule has 6 heteroatoms. The van der Waals surface area contributed by atoms with Crippen molar-refractivity contribution in [2.45, 2.75) is 77.2 Å². The topological polar surface area (TPSA) is 92.0 Å². The maximum absolute atomic E-state index is 7.56. The van der Waals surface area contributed by atoms with E-state index in [1.807, 2.05) is 0 Å². The average molecular weight is 384 g/mol. The van der Waals surface area contributed by atoms with Gasteiger partial charge in [-0.25, -0.2) is 0 Å². The van der Waals surface area contributed by atoms with Crippen LogP contribution in [0.5, 0.6) is 0 Å². The summed E-state index contributed by atoms with van der Waals surface area (Å²) in [5.41, 5.74) is 7.89. The van der Waals surface area contributed by atoms with Gasteiger partial charge in [0.2, 0.25) is 11.7 Å². The molecule has 28 heavy (non-hydrogen) atoms. The molecular weight excluding hydrogens is 350 g/mol. The van der Waals surface area contributed by atoms with E-state index in [9.17, 15) is 0 Å². The Balaban J connectivity index is 1.43. The summed E-state index contributed by atoms with van der Waals surface area (Å²) in [6.45, 7) is 3.03. The molecule has 0 radical (unpaired) electrons. The highest BCUT2D eigenvalue weighted by Gasteiger charge is 2.35. The minimum atomic E-state index is -0.0556. The molecule has 1 aromatic heterocycles. The van der Waals surface area contributed by atoms with E-state index in [1.165, 1.54) is 56.9 Å². The lowest BCUT2D eigenvalue weighted by molar-refractivity contribution is 0.141. The highest BCUT2D eigenvalue weighted by Crippen LogP contribution is 2.32. The van der Waals surface area contributed by atoms with Crippen LogP contribution in [0.25, 0.3) is 11.4 Å². The molecule has 152 valence electrons. The van der Waals surface area contributed by atoms with E-state index >= 15 is 0 Å². The largest absolute Gasteiger partial charge is 0.370 e. The monoisotopic (exact) mass is 383 g/mol. The van der Waals surface area contributed by atoms with Gasteiger partial charge < -0.3 is 15.2 Å². The van der Waals surface area contributed by atoms with Crippen molar-refractivity contribution < 1.29 is 4.52 Å². The molecule has 0 spiro atoms. The molecule has 3 rings (SSSR count). The molecule has 0 amide bonds. The Morgan fingerprint density at radius 2 is 1.79 bits per heavy atom. The van der Waals surface area contributed by atoms with Gasteiger partial charge >= 0.3 is 0 Å². The fourth-order valence-electron chi connectivity index (χ4n) is 3.70. The number of benzene rings is 1. The highest BCUT2D eigenvalue weighted by atomic mass is 16.5. The van der Waals surface area contributed by atoms with E-state index in [1.54, 1.807) is 4.90 Å². The van der Waals surface area contributed by atoms with Gasteiger partial charge in [-0.3, -0.25) is 5.41 Å². The summed E-state index contributed by atoms with van der Waals surface area (Å²) in [6, 6.07) is 8.41. The summed E-state index contributed by atoms with van der Waals surface area (Å²) >= 11 is 0. The molecule has 0 saturated carbocycles. The SMILES string of the molecule is CCCCCCCCCCc1ccc(-c2noc(C3CCN3C(=N)N)n2)cc1. The van der Waals surface area contributed by atoms with Crippen LogP contribution in [0.4, 0.5) is 0 Å². The number of hydrogen-bond donors (Lipinski definition) is 2. The summed E-state index contributed by atoms with van der Waals surface area (Å²) in [6.07, 6.45) is 12.8. The number of nitrogens with two attached hydrogens (primary N) is 1. The van der Waals surface area contributed by atoms with E-state index in [-0.39, 0.29) is 12.0 Å². The molecule has 1 atom stereocenters. The summed E-state index contributed by atoms with van der Waals surface area (Å²) in [4.78, 5) is 6.28. The molecule has 1 aliphatic rings. The predicted molar refractivity (Wildman–Crippen MR) is 112 cm³/mol. The van der Waals surface area contributed by atoms with Gasteiger partial charge in [-0.15, -0.1) is 0 Å². The van der Waals surface area contributed by atoms with Gasteiger partial charge in [-0.05, 0) is 24.8 Å². The quantitative estimate of drug-likeness (QED) is 0.321. The van der Waals surface area contributed by atoms with Gasteiger partial charge in [0.05, 0.1) is 0 Å². The van der Waals surface area contributed by atoms with Crippen molar-refractivity contribution in [1.29, 1.82) is 5.41 Å². The first kappa shape index (κ1) is 20.4. The van der Waals surface area contributed by atoms with Crippen LogP contribution in [-0.4, -0.2) is 27.5 Å². The first-order valence-electron chi connectivity index (χ1n) is 10.7. The number of aryl methyl sites for hydroxylation is 1. The normalized spacial score (nSPS) is 16.2. The van der Waals surface area contributed by atoms with Crippen molar-refractivity contribution in [1.82, 2.24) is 15.0 Å². The van der Waals surface area contributed by atoms with Crippen molar-refractivity contribution >= 4 is 5.96 Å². The van der Waals surface area contributed by atoms with Crippen LogP contribution >= 0.6 is 0 Å². The smallest absolute Gasteiger partial charge is 0.249 e. The van der Waals surface area contributed by atoms with Crippen LogP contribution in [0.15, 0.2) is 28.8 Å². The van der Waals surface area contributed by atoms with Gasteiger partial charge in [0, 0.05) is 12.1 Å².